The summed E-state index contributed by atoms with van der Waals surface area (Å²) in [5.41, 5.74) is 3.42. The first-order valence-electron chi connectivity index (χ1n) is 14.9. The fourth-order valence-corrected chi connectivity index (χ4v) is 7.42. The van der Waals surface area contributed by atoms with Gasteiger partial charge >= 0.3 is 5.37 Å². The Kier molecular flexibility index (Phi) is 8.52. The van der Waals surface area contributed by atoms with E-state index in [0.29, 0.717) is 50.3 Å². The van der Waals surface area contributed by atoms with Crippen molar-refractivity contribution in [1.82, 2.24) is 24.6 Å². The molecule has 12 heteroatoms. The van der Waals surface area contributed by atoms with Crippen LogP contribution in [0, 0.1) is 5.92 Å². The molecular weight excluding hydrogens is 586 g/mol. The van der Waals surface area contributed by atoms with Crippen molar-refractivity contribution in [2.75, 3.05) is 48.9 Å². The fourth-order valence-electron chi connectivity index (χ4n) is 6.53. The Balaban J connectivity index is 1.37. The number of carbonyl (C=O) groups excluding carboxylic acids is 2. The summed E-state index contributed by atoms with van der Waals surface area (Å²) in [6.45, 7) is 8.88. The van der Waals surface area contributed by atoms with Gasteiger partial charge in [-0.1, -0.05) is 6.92 Å². The van der Waals surface area contributed by atoms with Gasteiger partial charge in [-0.3, -0.25) is 24.3 Å². The molecule has 2 aromatic heterocycles. The van der Waals surface area contributed by atoms with Crippen LogP contribution in [0.4, 0.5) is 16.4 Å². The molecule has 5 heterocycles. The number of amides is 2. The van der Waals surface area contributed by atoms with E-state index in [-0.39, 0.29) is 5.91 Å². The second-order valence-corrected chi connectivity index (χ2v) is 13.2. The lowest BCUT2D eigenvalue weighted by atomic mass is 9.75. The number of hydrogen-bond donors (Lipinski definition) is 0. The monoisotopic (exact) mass is 623 g/mol. The molecule has 10 nitrogen and oxygen atoms in total. The number of halogens is 1. The molecule has 2 saturated heterocycles. The zero-order chi connectivity index (χ0) is 30.3. The average molecular weight is 624 g/mol. The molecule has 0 bridgehead atoms. The van der Waals surface area contributed by atoms with E-state index in [1.165, 1.54) is 17.7 Å². The van der Waals surface area contributed by atoms with Crippen molar-refractivity contribution < 1.29 is 14.3 Å². The first-order chi connectivity index (χ1) is 20.7. The number of thioether (sulfide) groups is 1. The summed E-state index contributed by atoms with van der Waals surface area (Å²) < 4.78 is 7.63. The van der Waals surface area contributed by atoms with Gasteiger partial charge in [0.15, 0.2) is 0 Å². The van der Waals surface area contributed by atoms with Crippen molar-refractivity contribution in [3.63, 3.8) is 0 Å². The van der Waals surface area contributed by atoms with Crippen LogP contribution >= 0.6 is 23.4 Å². The summed E-state index contributed by atoms with van der Waals surface area (Å²) in [6, 6.07) is 8.16. The van der Waals surface area contributed by atoms with Gasteiger partial charge in [0.25, 0.3) is 5.91 Å². The van der Waals surface area contributed by atoms with E-state index in [1.54, 1.807) is 23.0 Å². The Morgan fingerprint density at radius 3 is 2.70 bits per heavy atom. The molecule has 0 radical (unpaired) electrons. The van der Waals surface area contributed by atoms with Crippen LogP contribution in [0.15, 0.2) is 35.5 Å². The summed E-state index contributed by atoms with van der Waals surface area (Å²) in [5, 5.41) is 7.73. The number of aromatic nitrogens is 4. The number of ether oxygens (including phenoxy) is 1. The molecule has 0 saturated carbocycles. The van der Waals surface area contributed by atoms with Gasteiger partial charge in [0.2, 0.25) is 0 Å². The number of hydrogen-bond acceptors (Lipinski definition) is 8. The van der Waals surface area contributed by atoms with E-state index >= 15 is 0 Å². The van der Waals surface area contributed by atoms with Crippen LogP contribution in [-0.4, -0.2) is 75.0 Å². The van der Waals surface area contributed by atoms with Crippen LogP contribution in [0.5, 0.6) is 0 Å². The van der Waals surface area contributed by atoms with Gasteiger partial charge in [0, 0.05) is 49.0 Å². The Morgan fingerprint density at radius 1 is 1.26 bits per heavy atom. The molecule has 1 aromatic carbocycles. The number of fused-ring (bicyclic) bond motifs is 1. The van der Waals surface area contributed by atoms with E-state index in [1.807, 2.05) is 30.7 Å². The number of nitrogens with zero attached hydrogens (tertiary/aromatic N) is 7. The molecule has 3 aromatic rings. The lowest BCUT2D eigenvalue weighted by Gasteiger charge is -2.42. The molecule has 1 atom stereocenters. The Morgan fingerprint density at radius 2 is 2.07 bits per heavy atom. The van der Waals surface area contributed by atoms with Crippen molar-refractivity contribution in [2.45, 2.75) is 56.5 Å². The highest BCUT2D eigenvalue weighted by Gasteiger charge is 2.43. The zero-order valence-corrected chi connectivity index (χ0v) is 26.7. The minimum atomic E-state index is -0.623. The van der Waals surface area contributed by atoms with Crippen LogP contribution in [0.2, 0.25) is 0 Å². The maximum atomic E-state index is 14.1. The second kappa shape index (κ2) is 12.2. The fraction of sp³-hybridized carbons (Fsp3) is 0.516. The van der Waals surface area contributed by atoms with Gasteiger partial charge in [-0.15, -0.1) is 22.0 Å². The van der Waals surface area contributed by atoms with Gasteiger partial charge in [-0.2, -0.15) is 0 Å². The molecule has 3 aliphatic rings. The highest BCUT2D eigenvalue weighted by molar-refractivity contribution is 7.98. The van der Waals surface area contributed by atoms with Crippen molar-refractivity contribution in [3.05, 3.63) is 58.7 Å². The Hall–Kier alpha value is -2.99. The van der Waals surface area contributed by atoms with E-state index in [9.17, 15) is 9.59 Å². The first-order valence-corrected chi connectivity index (χ1v) is 16.5. The molecule has 2 fully saturated rings. The van der Waals surface area contributed by atoms with E-state index in [0.717, 1.165) is 52.6 Å². The number of pyridine rings is 1. The summed E-state index contributed by atoms with van der Waals surface area (Å²) in [7, 11) is 1.92. The lowest BCUT2D eigenvalue weighted by molar-refractivity contribution is -0.0611. The molecule has 0 spiro atoms. The molecule has 3 aliphatic heterocycles. The van der Waals surface area contributed by atoms with Crippen LogP contribution in [0.1, 0.15) is 59.6 Å². The molecule has 43 heavy (non-hydrogen) atoms. The topological polar surface area (TPSA) is 96.7 Å². The predicted molar refractivity (Wildman–Crippen MR) is 168 cm³/mol. The SMILES string of the molecule is CCN(C(=O)Cl)c1cc(C2(Cc3nncn3C)COC2)cc(N2Cc3c(SC)cc(CN4CCC[C@H](C)C4)cc3C2=O)n1. The minimum Gasteiger partial charge on any atom is -0.379 e. The molecule has 0 N–H and O–H groups in total. The Bertz CT molecular complexity index is 1540. The predicted octanol–water partition coefficient (Wildman–Crippen LogP) is 5.02. The quantitative estimate of drug-likeness (QED) is 0.186. The third-order valence-corrected chi connectivity index (χ3v) is 9.99. The molecule has 0 unspecified atom stereocenters. The van der Waals surface area contributed by atoms with Gasteiger partial charge in [0.05, 0.1) is 19.8 Å². The summed E-state index contributed by atoms with van der Waals surface area (Å²) in [5.74, 6) is 2.34. The maximum Gasteiger partial charge on any atom is 0.321 e. The molecule has 2 amide bonds. The number of aryl methyl sites for hydroxylation is 1. The van der Waals surface area contributed by atoms with Crippen molar-refractivity contribution in [2.24, 2.45) is 13.0 Å². The minimum absolute atomic E-state index is 0.0813. The lowest BCUT2D eigenvalue weighted by Crippen LogP contribution is -2.49. The van der Waals surface area contributed by atoms with Gasteiger partial charge in [-0.05, 0) is 91.0 Å². The standard InChI is InChI=1S/C31H38ClN7O3S/c1-5-38(30(32)41)26-11-22(31(17-42-18-31)13-28-35-33-19-36(28)3)12-27(34-26)39-16-24-23(29(39)40)9-21(10-25(24)43-4)15-37-8-6-7-20(2)14-37/h9-12,19-20H,5-8,13-18H2,1-4H3/t20-/m0/s1. The smallest absolute Gasteiger partial charge is 0.321 e. The number of likely N-dealkylation sites (tertiary alicyclic amines) is 1. The summed E-state index contributed by atoms with van der Waals surface area (Å²) >= 11 is 7.67. The van der Waals surface area contributed by atoms with Crippen LogP contribution < -0.4 is 9.80 Å². The number of piperidine rings is 1. The molecule has 0 aliphatic carbocycles. The number of carbonyl (C=O) groups is 2. The summed E-state index contributed by atoms with van der Waals surface area (Å²) in [4.78, 5) is 38.1. The van der Waals surface area contributed by atoms with Crippen LogP contribution in [0.25, 0.3) is 0 Å². The zero-order valence-electron chi connectivity index (χ0n) is 25.2. The average Bonchev–Trinajstić information content (AvgIpc) is 3.52. The normalized spacial score (nSPS) is 19.8. The maximum absolute atomic E-state index is 14.1. The van der Waals surface area contributed by atoms with Gasteiger partial charge < -0.3 is 9.30 Å². The van der Waals surface area contributed by atoms with Crippen molar-refractivity contribution in [1.29, 1.82) is 0 Å². The number of benzene rings is 1. The Labute approximate surface area is 261 Å². The third kappa shape index (κ3) is 5.80. The highest BCUT2D eigenvalue weighted by Crippen LogP contribution is 2.41. The van der Waals surface area contributed by atoms with Crippen molar-refractivity contribution in [3.8, 4) is 0 Å². The first kappa shape index (κ1) is 30.1. The van der Waals surface area contributed by atoms with Gasteiger partial charge in [0.1, 0.15) is 23.8 Å². The van der Waals surface area contributed by atoms with E-state index in [4.69, 9.17) is 21.3 Å². The van der Waals surface area contributed by atoms with Crippen LogP contribution in [0.3, 0.4) is 0 Å². The second-order valence-electron chi connectivity index (χ2n) is 12.1. The van der Waals surface area contributed by atoms with E-state index < -0.39 is 10.8 Å². The largest absolute Gasteiger partial charge is 0.379 e. The number of anilines is 2. The van der Waals surface area contributed by atoms with Gasteiger partial charge in [-0.25, -0.2) is 4.98 Å². The van der Waals surface area contributed by atoms with Crippen LogP contribution in [-0.2, 0) is 36.7 Å². The summed E-state index contributed by atoms with van der Waals surface area (Å²) in [6.07, 6.45) is 6.82. The van der Waals surface area contributed by atoms with Crippen molar-refractivity contribution >= 4 is 46.3 Å². The third-order valence-electron chi connectivity index (χ3n) is 8.98. The molecule has 6 rings (SSSR count). The molecule has 228 valence electrons. The molecular formula is C31H38ClN7O3S. The highest BCUT2D eigenvalue weighted by atomic mass is 35.5. The van der Waals surface area contributed by atoms with E-state index in [2.05, 4.69) is 40.4 Å². The number of rotatable bonds is 9.